The van der Waals surface area contributed by atoms with Gasteiger partial charge in [-0.1, -0.05) is 0 Å². The van der Waals surface area contributed by atoms with Crippen LogP contribution in [0.15, 0.2) is 42.5 Å². The van der Waals surface area contributed by atoms with E-state index in [1.807, 2.05) is 0 Å². The Morgan fingerprint density at radius 3 is 2.25 bits per heavy atom. The molecule has 1 atom stereocenters. The average molecular weight is 330 g/mol. The first kappa shape index (κ1) is 17.1. The van der Waals surface area contributed by atoms with Crippen molar-refractivity contribution in [3.8, 4) is 17.6 Å². The van der Waals surface area contributed by atoms with Gasteiger partial charge >= 0.3 is 0 Å². The van der Waals surface area contributed by atoms with Crippen molar-refractivity contribution in [1.29, 1.82) is 5.26 Å². The second kappa shape index (κ2) is 7.33. The first-order valence-electron chi connectivity index (χ1n) is 6.84. The lowest BCUT2D eigenvalue weighted by Gasteiger charge is -2.09. The maximum absolute atomic E-state index is 13.1. The summed E-state index contributed by atoms with van der Waals surface area (Å²) in [5.74, 6) is -4.42. The summed E-state index contributed by atoms with van der Waals surface area (Å²) < 4.78 is 31.3. The van der Waals surface area contributed by atoms with E-state index in [-0.39, 0.29) is 17.1 Å². The number of ketones is 1. The summed E-state index contributed by atoms with van der Waals surface area (Å²) in [5, 5.41) is 11.2. The molecule has 7 heteroatoms. The van der Waals surface area contributed by atoms with E-state index in [4.69, 9.17) is 10.00 Å². The summed E-state index contributed by atoms with van der Waals surface area (Å²) in [6, 6.07) is 10.3. The van der Waals surface area contributed by atoms with E-state index in [2.05, 4.69) is 5.32 Å². The first-order valence-corrected chi connectivity index (χ1v) is 6.84. The minimum Gasteiger partial charge on any atom is -0.457 e. The molecule has 0 aliphatic heterocycles. The molecular formula is C17H12F2N2O3. The van der Waals surface area contributed by atoms with Crippen molar-refractivity contribution < 1.29 is 23.1 Å². The van der Waals surface area contributed by atoms with E-state index in [1.54, 1.807) is 6.07 Å². The summed E-state index contributed by atoms with van der Waals surface area (Å²) in [4.78, 5) is 23.6. The number of rotatable bonds is 5. The summed E-state index contributed by atoms with van der Waals surface area (Å²) in [6.45, 7) is 0. The normalized spacial score (nSPS) is 11.2. The molecule has 2 rings (SSSR count). The Labute approximate surface area is 136 Å². The second-order valence-electron chi connectivity index (χ2n) is 4.74. The maximum atomic E-state index is 13.1. The molecule has 24 heavy (non-hydrogen) atoms. The summed E-state index contributed by atoms with van der Waals surface area (Å²) in [7, 11) is 1.33. The zero-order chi connectivity index (χ0) is 17.7. The van der Waals surface area contributed by atoms with Gasteiger partial charge in [-0.15, -0.1) is 0 Å². The van der Waals surface area contributed by atoms with Crippen LogP contribution in [0.2, 0.25) is 0 Å². The highest BCUT2D eigenvalue weighted by atomic mass is 19.2. The van der Waals surface area contributed by atoms with E-state index in [9.17, 15) is 18.4 Å². The van der Waals surface area contributed by atoms with Gasteiger partial charge < -0.3 is 10.1 Å². The number of hydrogen-bond acceptors (Lipinski definition) is 4. The molecule has 2 aromatic rings. The van der Waals surface area contributed by atoms with Crippen LogP contribution in [0.5, 0.6) is 11.5 Å². The lowest BCUT2D eigenvalue weighted by molar-refractivity contribution is -0.121. The molecular weight excluding hydrogens is 318 g/mol. The van der Waals surface area contributed by atoms with Crippen LogP contribution in [0, 0.1) is 28.9 Å². The zero-order valence-electron chi connectivity index (χ0n) is 12.5. The number of nitrogens with one attached hydrogen (secondary N) is 1. The predicted octanol–water partition coefficient (Wildman–Crippen LogP) is 2.83. The van der Waals surface area contributed by atoms with Crippen LogP contribution in [0.3, 0.4) is 0 Å². The molecule has 0 heterocycles. The van der Waals surface area contributed by atoms with Gasteiger partial charge in [-0.2, -0.15) is 5.26 Å². The number of benzene rings is 2. The van der Waals surface area contributed by atoms with Gasteiger partial charge in [0.15, 0.2) is 23.3 Å². The molecule has 0 saturated carbocycles. The van der Waals surface area contributed by atoms with Crippen molar-refractivity contribution in [3.63, 3.8) is 0 Å². The first-order chi connectivity index (χ1) is 11.5. The lowest BCUT2D eigenvalue weighted by Crippen LogP contribution is -2.32. The van der Waals surface area contributed by atoms with E-state index < -0.39 is 29.2 Å². The standard InChI is InChI=1S/C17H12F2N2O3/c1-21-17(23)13(9-20)16(22)10-2-4-11(5-3-10)24-12-6-7-14(18)15(19)8-12/h2-8,13H,1H3,(H,21,23). The molecule has 1 amide bonds. The number of hydrogen-bond donors (Lipinski definition) is 1. The van der Waals surface area contributed by atoms with Gasteiger partial charge in [0.05, 0.1) is 6.07 Å². The average Bonchev–Trinajstić information content (AvgIpc) is 2.59. The van der Waals surface area contributed by atoms with Crippen LogP contribution in [-0.4, -0.2) is 18.7 Å². The van der Waals surface area contributed by atoms with Crippen molar-refractivity contribution in [2.75, 3.05) is 7.05 Å². The fourth-order valence-electron chi connectivity index (χ4n) is 1.91. The summed E-state index contributed by atoms with van der Waals surface area (Å²) in [6.07, 6.45) is 0. The van der Waals surface area contributed by atoms with E-state index in [0.29, 0.717) is 0 Å². The van der Waals surface area contributed by atoms with Gasteiger partial charge in [-0.3, -0.25) is 9.59 Å². The molecule has 1 N–H and O–H groups in total. The third kappa shape index (κ3) is 3.73. The predicted molar refractivity (Wildman–Crippen MR) is 80.4 cm³/mol. The quantitative estimate of drug-likeness (QED) is 0.675. The van der Waals surface area contributed by atoms with Crippen molar-refractivity contribution in [1.82, 2.24) is 5.32 Å². The van der Waals surface area contributed by atoms with Gasteiger partial charge in [0, 0.05) is 18.7 Å². The van der Waals surface area contributed by atoms with E-state index in [0.717, 1.165) is 12.1 Å². The van der Waals surface area contributed by atoms with Gasteiger partial charge in [-0.25, -0.2) is 8.78 Å². The topological polar surface area (TPSA) is 79.2 Å². The van der Waals surface area contributed by atoms with Gasteiger partial charge in [-0.05, 0) is 36.4 Å². The lowest BCUT2D eigenvalue weighted by atomic mass is 9.98. The van der Waals surface area contributed by atoms with Crippen LogP contribution in [0.1, 0.15) is 10.4 Å². The largest absolute Gasteiger partial charge is 0.457 e. The van der Waals surface area contributed by atoms with Crippen LogP contribution < -0.4 is 10.1 Å². The maximum Gasteiger partial charge on any atom is 0.245 e. The molecule has 0 aliphatic carbocycles. The minimum atomic E-state index is -1.44. The smallest absolute Gasteiger partial charge is 0.245 e. The van der Waals surface area contributed by atoms with Crippen LogP contribution in [0.4, 0.5) is 8.78 Å². The van der Waals surface area contributed by atoms with Gasteiger partial charge in [0.1, 0.15) is 11.5 Å². The third-order valence-electron chi connectivity index (χ3n) is 3.17. The summed E-state index contributed by atoms with van der Waals surface area (Å²) in [5.41, 5.74) is 0.155. The molecule has 122 valence electrons. The SMILES string of the molecule is CNC(=O)C(C#N)C(=O)c1ccc(Oc2ccc(F)c(F)c2)cc1. The molecule has 2 aromatic carbocycles. The Morgan fingerprint density at radius 1 is 1.08 bits per heavy atom. The van der Waals surface area contributed by atoms with Gasteiger partial charge in [0.2, 0.25) is 5.91 Å². The fraction of sp³-hybridized carbons (Fsp3) is 0.118. The number of carbonyl (C=O) groups is 2. The molecule has 5 nitrogen and oxygen atoms in total. The number of halogens is 2. The highest BCUT2D eigenvalue weighted by Gasteiger charge is 2.26. The van der Waals surface area contributed by atoms with E-state index >= 15 is 0 Å². The number of nitrogens with zero attached hydrogens (tertiary/aromatic N) is 1. The molecule has 0 bridgehead atoms. The Balaban J connectivity index is 2.15. The molecule has 0 aromatic heterocycles. The van der Waals surface area contributed by atoms with Gasteiger partial charge in [0.25, 0.3) is 0 Å². The number of carbonyl (C=O) groups excluding carboxylic acids is 2. The van der Waals surface area contributed by atoms with Crippen molar-refractivity contribution in [3.05, 3.63) is 59.7 Å². The highest BCUT2D eigenvalue weighted by Crippen LogP contribution is 2.24. The Hall–Kier alpha value is -3.27. The van der Waals surface area contributed by atoms with Crippen LogP contribution >= 0.6 is 0 Å². The molecule has 0 spiro atoms. The molecule has 0 saturated heterocycles. The number of ether oxygens (including phenoxy) is 1. The molecule has 0 fully saturated rings. The van der Waals surface area contributed by atoms with E-state index in [1.165, 1.54) is 37.4 Å². The third-order valence-corrected chi connectivity index (χ3v) is 3.17. The van der Waals surface area contributed by atoms with Crippen molar-refractivity contribution in [2.24, 2.45) is 5.92 Å². The number of amides is 1. The zero-order valence-corrected chi connectivity index (χ0v) is 12.5. The Bertz CT molecular complexity index is 814. The Kier molecular flexibility index (Phi) is 5.22. The molecule has 0 radical (unpaired) electrons. The molecule has 1 unspecified atom stereocenters. The monoisotopic (exact) mass is 330 g/mol. The second-order valence-corrected chi connectivity index (χ2v) is 4.74. The molecule has 0 aliphatic rings. The van der Waals surface area contributed by atoms with Crippen LogP contribution in [-0.2, 0) is 4.79 Å². The minimum absolute atomic E-state index is 0.0910. The summed E-state index contributed by atoms with van der Waals surface area (Å²) >= 11 is 0. The van der Waals surface area contributed by atoms with Crippen molar-refractivity contribution in [2.45, 2.75) is 0 Å². The Morgan fingerprint density at radius 2 is 1.71 bits per heavy atom. The fourth-order valence-corrected chi connectivity index (χ4v) is 1.91. The number of Topliss-reactive ketones (excluding diaryl/α,β-unsaturated/α-hetero) is 1. The van der Waals surface area contributed by atoms with Crippen LogP contribution in [0.25, 0.3) is 0 Å². The highest BCUT2D eigenvalue weighted by molar-refractivity contribution is 6.12. The van der Waals surface area contributed by atoms with Crippen molar-refractivity contribution >= 4 is 11.7 Å². The number of nitriles is 1.